The molecule has 0 saturated heterocycles. The first-order valence-corrected chi connectivity index (χ1v) is 7.27. The molecule has 0 fully saturated rings. The smallest absolute Gasteiger partial charge is 0.208 e. The van der Waals surface area contributed by atoms with Gasteiger partial charge in [0.15, 0.2) is 0 Å². The molecule has 0 aliphatic rings. The van der Waals surface area contributed by atoms with E-state index in [-0.39, 0.29) is 0 Å². The van der Waals surface area contributed by atoms with E-state index in [0.29, 0.717) is 11.8 Å². The van der Waals surface area contributed by atoms with Crippen molar-refractivity contribution >= 4 is 5.96 Å². The van der Waals surface area contributed by atoms with E-state index in [2.05, 4.69) is 49.9 Å². The molecule has 0 unspecified atom stereocenters. The number of nitrogens with zero attached hydrogens (tertiary/aromatic N) is 2. The fourth-order valence-electron chi connectivity index (χ4n) is 1.61. The number of nitrogens with two attached hydrogens (primary N) is 1. The highest BCUT2D eigenvalue weighted by Crippen LogP contribution is 2.07. The second kappa shape index (κ2) is 10.2. The number of aliphatic imine (C=N–C) groups is 1. The maximum atomic E-state index is 5.60. The Bertz CT molecular complexity index is 212. The van der Waals surface area contributed by atoms with Gasteiger partial charge in [-0.05, 0) is 31.1 Å². The number of guanidine groups is 1. The van der Waals surface area contributed by atoms with Crippen molar-refractivity contribution in [1.29, 1.82) is 0 Å². The third kappa shape index (κ3) is 8.34. The Balaban J connectivity index is 4.48. The van der Waals surface area contributed by atoms with Gasteiger partial charge in [0.05, 0.1) is 0 Å². The van der Waals surface area contributed by atoms with Crippen LogP contribution >= 0.6 is 0 Å². The van der Waals surface area contributed by atoms with Crippen molar-refractivity contribution in [2.45, 2.75) is 53.9 Å². The summed E-state index contributed by atoms with van der Waals surface area (Å²) < 4.78 is 0. The SMILES string of the molecule is CCCN=C(NN)N(CCC(C)C)CCC(C)C. The van der Waals surface area contributed by atoms with E-state index in [1.807, 2.05) is 0 Å². The molecule has 4 nitrogen and oxygen atoms in total. The minimum Gasteiger partial charge on any atom is -0.342 e. The maximum Gasteiger partial charge on any atom is 0.208 e. The summed E-state index contributed by atoms with van der Waals surface area (Å²) in [6, 6.07) is 0. The van der Waals surface area contributed by atoms with Crippen LogP contribution in [0.3, 0.4) is 0 Å². The van der Waals surface area contributed by atoms with Gasteiger partial charge in [0.25, 0.3) is 0 Å². The number of rotatable bonds is 8. The second-order valence-corrected chi connectivity index (χ2v) is 5.70. The fourth-order valence-corrected chi connectivity index (χ4v) is 1.61. The largest absolute Gasteiger partial charge is 0.342 e. The molecule has 0 radical (unpaired) electrons. The Morgan fingerprint density at radius 1 is 1.11 bits per heavy atom. The molecule has 18 heavy (non-hydrogen) atoms. The van der Waals surface area contributed by atoms with Crippen LogP contribution in [0.25, 0.3) is 0 Å². The van der Waals surface area contributed by atoms with Gasteiger partial charge in [-0.15, -0.1) is 0 Å². The van der Waals surface area contributed by atoms with Crippen LogP contribution in [0, 0.1) is 11.8 Å². The predicted molar refractivity (Wildman–Crippen MR) is 80.4 cm³/mol. The number of hydrogen-bond acceptors (Lipinski definition) is 2. The van der Waals surface area contributed by atoms with Gasteiger partial charge in [-0.2, -0.15) is 0 Å². The molecule has 0 amide bonds. The lowest BCUT2D eigenvalue weighted by Gasteiger charge is -2.27. The molecule has 0 spiro atoms. The summed E-state index contributed by atoms with van der Waals surface area (Å²) in [4.78, 5) is 6.81. The van der Waals surface area contributed by atoms with Crippen LogP contribution in [0.2, 0.25) is 0 Å². The number of hydrogen-bond donors (Lipinski definition) is 2. The van der Waals surface area contributed by atoms with E-state index in [1.54, 1.807) is 0 Å². The van der Waals surface area contributed by atoms with Crippen LogP contribution in [0.5, 0.6) is 0 Å². The molecule has 3 N–H and O–H groups in total. The van der Waals surface area contributed by atoms with Crippen molar-refractivity contribution < 1.29 is 0 Å². The molecule has 0 aromatic carbocycles. The number of nitrogens with one attached hydrogen (secondary N) is 1. The fraction of sp³-hybridized carbons (Fsp3) is 0.929. The van der Waals surface area contributed by atoms with Crippen LogP contribution in [0.4, 0.5) is 0 Å². The average molecular weight is 256 g/mol. The van der Waals surface area contributed by atoms with Crippen LogP contribution in [0.1, 0.15) is 53.9 Å². The molecule has 0 bridgehead atoms. The standard InChI is InChI=1S/C14H32N4/c1-6-9-16-14(17-15)18(10-7-12(2)3)11-8-13(4)5/h12-13H,6-11,15H2,1-5H3,(H,16,17). The van der Waals surface area contributed by atoms with E-state index in [1.165, 1.54) is 12.8 Å². The molecular formula is C14H32N4. The maximum absolute atomic E-state index is 5.60. The van der Waals surface area contributed by atoms with Crippen molar-refractivity contribution in [2.75, 3.05) is 19.6 Å². The summed E-state index contributed by atoms with van der Waals surface area (Å²) >= 11 is 0. The van der Waals surface area contributed by atoms with E-state index >= 15 is 0 Å². The molecule has 0 aliphatic carbocycles. The van der Waals surface area contributed by atoms with Crippen molar-refractivity contribution in [3.8, 4) is 0 Å². The van der Waals surface area contributed by atoms with Crippen molar-refractivity contribution in [3.63, 3.8) is 0 Å². The Kier molecular flexibility index (Phi) is 9.74. The lowest BCUT2D eigenvalue weighted by atomic mass is 10.1. The van der Waals surface area contributed by atoms with Crippen molar-refractivity contribution in [3.05, 3.63) is 0 Å². The van der Waals surface area contributed by atoms with Gasteiger partial charge < -0.3 is 4.90 Å². The van der Waals surface area contributed by atoms with Crippen LogP contribution in [-0.2, 0) is 0 Å². The first-order chi connectivity index (χ1) is 8.51. The first-order valence-electron chi connectivity index (χ1n) is 7.27. The summed E-state index contributed by atoms with van der Waals surface area (Å²) in [5.41, 5.74) is 2.76. The summed E-state index contributed by atoms with van der Waals surface area (Å²) in [6.45, 7) is 14.0. The predicted octanol–water partition coefficient (Wildman–Crippen LogP) is 2.61. The zero-order valence-corrected chi connectivity index (χ0v) is 12.9. The molecule has 0 aromatic heterocycles. The summed E-state index contributed by atoms with van der Waals surface area (Å²) in [6.07, 6.45) is 3.39. The highest BCUT2D eigenvalue weighted by Gasteiger charge is 2.11. The molecule has 0 rings (SSSR count). The monoisotopic (exact) mass is 256 g/mol. The first kappa shape index (κ1) is 17.2. The van der Waals surface area contributed by atoms with Crippen molar-refractivity contribution in [2.24, 2.45) is 22.7 Å². The third-order valence-electron chi connectivity index (χ3n) is 2.87. The molecule has 108 valence electrons. The molecular weight excluding hydrogens is 224 g/mol. The van der Waals surface area contributed by atoms with E-state index < -0.39 is 0 Å². The minimum atomic E-state index is 0.705. The Morgan fingerprint density at radius 3 is 1.94 bits per heavy atom. The highest BCUT2D eigenvalue weighted by atomic mass is 15.4. The Morgan fingerprint density at radius 2 is 1.61 bits per heavy atom. The molecule has 0 heterocycles. The molecule has 0 aromatic rings. The van der Waals surface area contributed by atoms with E-state index in [0.717, 1.165) is 32.0 Å². The summed E-state index contributed by atoms with van der Waals surface area (Å²) in [5, 5.41) is 0. The van der Waals surface area contributed by atoms with Gasteiger partial charge in [-0.3, -0.25) is 10.4 Å². The number of hydrazine groups is 1. The molecule has 0 atom stereocenters. The van der Waals surface area contributed by atoms with Crippen LogP contribution in [0.15, 0.2) is 4.99 Å². The van der Waals surface area contributed by atoms with Gasteiger partial charge >= 0.3 is 0 Å². The molecule has 0 aliphatic heterocycles. The second-order valence-electron chi connectivity index (χ2n) is 5.70. The van der Waals surface area contributed by atoms with Gasteiger partial charge in [0.1, 0.15) is 0 Å². The van der Waals surface area contributed by atoms with Gasteiger partial charge in [0.2, 0.25) is 5.96 Å². The van der Waals surface area contributed by atoms with E-state index in [9.17, 15) is 0 Å². The summed E-state index contributed by atoms with van der Waals surface area (Å²) in [5.74, 6) is 7.86. The zero-order valence-electron chi connectivity index (χ0n) is 12.9. The molecule has 0 saturated carbocycles. The van der Waals surface area contributed by atoms with Gasteiger partial charge in [-0.1, -0.05) is 34.6 Å². The quantitative estimate of drug-likeness (QED) is 0.304. The third-order valence-corrected chi connectivity index (χ3v) is 2.87. The summed E-state index contributed by atoms with van der Waals surface area (Å²) in [7, 11) is 0. The van der Waals surface area contributed by atoms with Crippen LogP contribution < -0.4 is 11.3 Å². The highest BCUT2D eigenvalue weighted by molar-refractivity contribution is 5.79. The molecule has 4 heteroatoms. The lowest BCUT2D eigenvalue weighted by molar-refractivity contribution is 0.343. The van der Waals surface area contributed by atoms with Gasteiger partial charge in [-0.25, -0.2) is 5.84 Å². The average Bonchev–Trinajstić information content (AvgIpc) is 2.31. The Labute approximate surface area is 113 Å². The van der Waals surface area contributed by atoms with Crippen molar-refractivity contribution in [1.82, 2.24) is 10.3 Å². The van der Waals surface area contributed by atoms with E-state index in [4.69, 9.17) is 5.84 Å². The topological polar surface area (TPSA) is 53.6 Å². The zero-order chi connectivity index (χ0) is 14.0. The lowest BCUT2D eigenvalue weighted by Crippen LogP contribution is -2.46. The Hall–Kier alpha value is -0.770. The van der Waals surface area contributed by atoms with Gasteiger partial charge in [0, 0.05) is 19.6 Å². The minimum absolute atomic E-state index is 0.705. The normalized spacial score (nSPS) is 12.3. The van der Waals surface area contributed by atoms with Crippen LogP contribution in [-0.4, -0.2) is 30.5 Å².